The highest BCUT2D eigenvalue weighted by Gasteiger charge is 2.13. The zero-order chi connectivity index (χ0) is 13.6. The molecular weight excluding hydrogens is 328 g/mol. The molecule has 0 unspecified atom stereocenters. The minimum absolute atomic E-state index is 0.0712. The average Bonchev–Trinajstić information content (AvgIpc) is 2.92. The number of aryl methyl sites for hydroxylation is 1. The van der Waals surface area contributed by atoms with Gasteiger partial charge in [-0.25, -0.2) is 9.78 Å². The number of hydrogen-bond donors (Lipinski definition) is 1. The molecule has 2 heterocycles. The van der Waals surface area contributed by atoms with Gasteiger partial charge in [-0.1, -0.05) is 22.0 Å². The fraction of sp³-hybridized carbons (Fsp3) is 0.0769. The molecule has 0 atom stereocenters. The second-order valence-corrected chi connectivity index (χ2v) is 5.86. The topological polar surface area (TPSA) is 54.6 Å². The molecule has 0 aliphatic carbocycles. The van der Waals surface area contributed by atoms with Gasteiger partial charge in [0, 0.05) is 16.0 Å². The summed E-state index contributed by atoms with van der Waals surface area (Å²) in [6.45, 7) is 2.02. The van der Waals surface area contributed by atoms with E-state index >= 15 is 0 Å². The lowest BCUT2D eigenvalue weighted by molar-refractivity contribution is 0.0691. The normalized spacial score (nSPS) is 11.1. The number of nitrogens with zero attached hydrogens (tertiary/aromatic N) is 2. The van der Waals surface area contributed by atoms with Crippen molar-refractivity contribution in [2.24, 2.45) is 0 Å². The third-order valence-corrected chi connectivity index (χ3v) is 4.61. The number of benzene rings is 1. The van der Waals surface area contributed by atoms with E-state index in [0.717, 1.165) is 21.3 Å². The van der Waals surface area contributed by atoms with Gasteiger partial charge >= 0.3 is 5.97 Å². The van der Waals surface area contributed by atoms with Gasteiger partial charge in [0.15, 0.2) is 10.7 Å². The maximum Gasteiger partial charge on any atom is 0.356 e. The number of aromatic nitrogens is 2. The van der Waals surface area contributed by atoms with E-state index in [9.17, 15) is 4.79 Å². The summed E-state index contributed by atoms with van der Waals surface area (Å²) in [7, 11) is 0. The lowest BCUT2D eigenvalue weighted by Crippen LogP contribution is -1.95. The van der Waals surface area contributed by atoms with Crippen LogP contribution in [0, 0.1) is 6.92 Å². The predicted octanol–water partition coefficient (Wildman–Crippen LogP) is 3.83. The highest BCUT2D eigenvalue weighted by Crippen LogP contribution is 2.29. The number of carboxylic acid groups (broad SMARTS) is 1. The minimum atomic E-state index is -1.01. The van der Waals surface area contributed by atoms with Gasteiger partial charge in [-0.2, -0.15) is 0 Å². The molecule has 0 fully saturated rings. The summed E-state index contributed by atoms with van der Waals surface area (Å²) in [5, 5.41) is 11.0. The molecule has 0 aliphatic rings. The van der Waals surface area contributed by atoms with Crippen LogP contribution in [-0.2, 0) is 0 Å². The second kappa shape index (κ2) is 4.47. The van der Waals surface area contributed by atoms with Gasteiger partial charge in [-0.15, -0.1) is 11.3 Å². The third-order valence-electron chi connectivity index (χ3n) is 2.88. The largest absolute Gasteiger partial charge is 0.476 e. The molecule has 0 aliphatic heterocycles. The van der Waals surface area contributed by atoms with Gasteiger partial charge in [-0.05, 0) is 30.2 Å². The van der Waals surface area contributed by atoms with E-state index in [1.165, 1.54) is 11.3 Å². The number of halogens is 1. The monoisotopic (exact) mass is 336 g/mol. The predicted molar refractivity (Wildman–Crippen MR) is 77.9 cm³/mol. The number of aromatic carboxylic acids is 1. The third kappa shape index (κ3) is 2.06. The molecule has 96 valence electrons. The first-order valence-electron chi connectivity index (χ1n) is 5.52. The van der Waals surface area contributed by atoms with Gasteiger partial charge in [0.2, 0.25) is 0 Å². The van der Waals surface area contributed by atoms with Crippen molar-refractivity contribution in [3.05, 3.63) is 45.5 Å². The van der Waals surface area contributed by atoms with Crippen LogP contribution < -0.4 is 0 Å². The molecule has 0 bridgehead atoms. The van der Waals surface area contributed by atoms with E-state index in [1.807, 2.05) is 28.8 Å². The molecule has 3 aromatic rings. The van der Waals surface area contributed by atoms with E-state index in [4.69, 9.17) is 5.11 Å². The van der Waals surface area contributed by atoms with Gasteiger partial charge in [0.1, 0.15) is 0 Å². The molecule has 1 aromatic carbocycles. The Morgan fingerprint density at radius 1 is 1.47 bits per heavy atom. The first-order chi connectivity index (χ1) is 9.06. The standard InChI is InChI=1S/C13H9BrN2O2S/c1-7-4-8(2-3-9(7)14)11-6-19-13-15-10(12(17)18)5-16(11)13/h2-6H,1H3,(H,17,18). The molecule has 0 saturated heterocycles. The number of imidazole rings is 1. The molecule has 0 radical (unpaired) electrons. The van der Waals surface area contributed by atoms with Crippen LogP contribution in [0.15, 0.2) is 34.2 Å². The second-order valence-electron chi connectivity index (χ2n) is 4.17. The summed E-state index contributed by atoms with van der Waals surface area (Å²) in [5.41, 5.74) is 3.20. The Morgan fingerprint density at radius 2 is 2.26 bits per heavy atom. The molecule has 19 heavy (non-hydrogen) atoms. The molecule has 6 heteroatoms. The fourth-order valence-corrected chi connectivity index (χ4v) is 3.03. The summed E-state index contributed by atoms with van der Waals surface area (Å²) >= 11 is 4.91. The highest BCUT2D eigenvalue weighted by molar-refractivity contribution is 9.10. The summed E-state index contributed by atoms with van der Waals surface area (Å²) in [4.78, 5) is 15.7. The van der Waals surface area contributed by atoms with Crippen LogP contribution in [0.25, 0.3) is 16.2 Å². The number of hydrogen-bond acceptors (Lipinski definition) is 3. The Balaban J connectivity index is 2.18. The SMILES string of the molecule is Cc1cc(-c2csc3nc(C(=O)O)cn23)ccc1Br. The molecule has 4 nitrogen and oxygen atoms in total. The van der Waals surface area contributed by atoms with Gasteiger partial charge in [-0.3, -0.25) is 4.40 Å². The summed E-state index contributed by atoms with van der Waals surface area (Å²) < 4.78 is 2.87. The van der Waals surface area contributed by atoms with Crippen LogP contribution in [0.3, 0.4) is 0 Å². The van der Waals surface area contributed by atoms with Crippen molar-refractivity contribution in [1.82, 2.24) is 9.38 Å². The fourth-order valence-electron chi connectivity index (χ4n) is 1.90. The smallest absolute Gasteiger partial charge is 0.356 e. The van der Waals surface area contributed by atoms with Gasteiger partial charge in [0.05, 0.1) is 5.69 Å². The van der Waals surface area contributed by atoms with Crippen molar-refractivity contribution in [2.45, 2.75) is 6.92 Å². The van der Waals surface area contributed by atoms with Crippen LogP contribution in [0.1, 0.15) is 16.1 Å². The average molecular weight is 337 g/mol. The zero-order valence-corrected chi connectivity index (χ0v) is 12.3. The van der Waals surface area contributed by atoms with Crippen LogP contribution in [0.5, 0.6) is 0 Å². The molecule has 0 spiro atoms. The summed E-state index contributed by atoms with van der Waals surface area (Å²) in [6, 6.07) is 6.05. The Morgan fingerprint density at radius 3 is 2.95 bits per heavy atom. The van der Waals surface area contributed by atoms with E-state index in [-0.39, 0.29) is 5.69 Å². The van der Waals surface area contributed by atoms with Gasteiger partial charge < -0.3 is 5.11 Å². The molecule has 0 saturated carbocycles. The van der Waals surface area contributed by atoms with Crippen molar-refractivity contribution in [3.8, 4) is 11.3 Å². The van der Waals surface area contributed by atoms with Crippen LogP contribution in [-0.4, -0.2) is 20.5 Å². The molecule has 0 amide bonds. The number of rotatable bonds is 2. The lowest BCUT2D eigenvalue weighted by Gasteiger charge is -2.03. The quantitative estimate of drug-likeness (QED) is 0.773. The first-order valence-corrected chi connectivity index (χ1v) is 7.20. The van der Waals surface area contributed by atoms with E-state index in [2.05, 4.69) is 27.0 Å². The number of fused-ring (bicyclic) bond motifs is 1. The molecule has 3 rings (SSSR count). The first kappa shape index (κ1) is 12.4. The summed E-state index contributed by atoms with van der Waals surface area (Å²) in [5.74, 6) is -1.01. The Bertz CT molecular complexity index is 791. The van der Waals surface area contributed by atoms with Crippen molar-refractivity contribution in [3.63, 3.8) is 0 Å². The van der Waals surface area contributed by atoms with Crippen molar-refractivity contribution < 1.29 is 9.90 Å². The van der Waals surface area contributed by atoms with Crippen molar-refractivity contribution >= 4 is 38.2 Å². The minimum Gasteiger partial charge on any atom is -0.476 e. The summed E-state index contributed by atoms with van der Waals surface area (Å²) in [6.07, 6.45) is 1.56. The number of carboxylic acids is 1. The molecule has 1 N–H and O–H groups in total. The van der Waals surface area contributed by atoms with Crippen LogP contribution >= 0.6 is 27.3 Å². The van der Waals surface area contributed by atoms with Gasteiger partial charge in [0.25, 0.3) is 0 Å². The Labute approximate surface area is 121 Å². The Hall–Kier alpha value is -1.66. The molecular formula is C13H9BrN2O2S. The lowest BCUT2D eigenvalue weighted by atomic mass is 10.1. The number of thiazole rings is 1. The van der Waals surface area contributed by atoms with E-state index in [0.29, 0.717) is 4.96 Å². The zero-order valence-electron chi connectivity index (χ0n) is 9.92. The molecule has 2 aromatic heterocycles. The van der Waals surface area contributed by atoms with Crippen LogP contribution in [0.4, 0.5) is 0 Å². The maximum absolute atomic E-state index is 10.9. The maximum atomic E-state index is 10.9. The van der Waals surface area contributed by atoms with E-state index in [1.54, 1.807) is 6.20 Å². The van der Waals surface area contributed by atoms with Crippen molar-refractivity contribution in [1.29, 1.82) is 0 Å². The highest BCUT2D eigenvalue weighted by atomic mass is 79.9. The Kier molecular flexibility index (Phi) is 2.91. The van der Waals surface area contributed by atoms with Crippen molar-refractivity contribution in [2.75, 3.05) is 0 Å². The van der Waals surface area contributed by atoms with E-state index < -0.39 is 5.97 Å². The number of carbonyl (C=O) groups is 1. The van der Waals surface area contributed by atoms with Crippen LogP contribution in [0.2, 0.25) is 0 Å².